The summed E-state index contributed by atoms with van der Waals surface area (Å²) >= 11 is 0. The molecule has 2 atom stereocenters. The van der Waals surface area contributed by atoms with Crippen LogP contribution in [-0.2, 0) is 14.4 Å². The zero-order valence-electron chi connectivity index (χ0n) is 20.0. The zero-order chi connectivity index (χ0) is 27.7. The van der Waals surface area contributed by atoms with Crippen molar-refractivity contribution in [2.45, 2.75) is 6.04 Å². The van der Waals surface area contributed by atoms with Crippen LogP contribution in [0.1, 0.15) is 22.7 Å². The number of carbonyl (C=O) groups is 3. The molecule has 4 N–H and O–H groups in total. The van der Waals surface area contributed by atoms with Gasteiger partial charge in [0.15, 0.2) is 11.6 Å². The number of nitrogens with zero attached hydrogens (tertiary/aromatic N) is 1. The molecule has 3 rings (SSSR count). The van der Waals surface area contributed by atoms with E-state index in [1.807, 2.05) is 0 Å². The zero-order valence-corrected chi connectivity index (χ0v) is 20.0. The van der Waals surface area contributed by atoms with Crippen LogP contribution >= 0.6 is 0 Å². The van der Waals surface area contributed by atoms with Crippen molar-refractivity contribution < 1.29 is 29.7 Å². The summed E-state index contributed by atoms with van der Waals surface area (Å²) in [6.45, 7) is 3.43. The highest BCUT2D eigenvalue weighted by Crippen LogP contribution is 2.28. The number of nitroso groups, excluding NO2 is 1. The van der Waals surface area contributed by atoms with Crippen LogP contribution in [0, 0.1) is 10.8 Å². The van der Waals surface area contributed by atoms with E-state index in [9.17, 15) is 34.6 Å². The van der Waals surface area contributed by atoms with Gasteiger partial charge in [0.05, 0.1) is 6.04 Å². The number of hydrogen-bond acceptors (Lipinski definition) is 8. The molecule has 0 spiro atoms. The first-order valence-electron chi connectivity index (χ1n) is 11.3. The lowest BCUT2D eigenvalue weighted by Gasteiger charge is -2.25. The lowest BCUT2D eigenvalue weighted by molar-refractivity contribution is -0.129. The van der Waals surface area contributed by atoms with Crippen LogP contribution in [0.4, 0.5) is 5.69 Å². The van der Waals surface area contributed by atoms with E-state index in [2.05, 4.69) is 17.1 Å². The van der Waals surface area contributed by atoms with E-state index in [0.29, 0.717) is 11.1 Å². The van der Waals surface area contributed by atoms with Gasteiger partial charge in [-0.25, -0.2) is 0 Å². The first kappa shape index (κ1) is 27.3. The summed E-state index contributed by atoms with van der Waals surface area (Å²) in [5.41, 5.74) is 1.02. The summed E-state index contributed by atoms with van der Waals surface area (Å²) in [6.07, 6.45) is 5.87. The minimum atomic E-state index is -1.43. The Hall–Kier alpha value is -5.31. The molecule has 0 aromatic heterocycles. The second-order valence-electron chi connectivity index (χ2n) is 8.21. The van der Waals surface area contributed by atoms with E-state index >= 15 is 0 Å². The van der Waals surface area contributed by atoms with Crippen LogP contribution in [-0.4, -0.2) is 32.8 Å². The molecular weight excluding hydrogens is 488 g/mol. The summed E-state index contributed by atoms with van der Waals surface area (Å²) in [4.78, 5) is 50.0. The molecule has 0 aliphatic heterocycles. The highest BCUT2D eigenvalue weighted by Gasteiger charge is 2.34. The smallest absolute Gasteiger partial charge is 0.243 e. The highest BCUT2D eigenvalue weighted by atomic mass is 16.3. The molecule has 0 aliphatic carbocycles. The fraction of sp³-hybridized carbons (Fsp3) is 0.0690. The van der Waals surface area contributed by atoms with E-state index in [1.54, 1.807) is 30.3 Å². The second-order valence-corrected chi connectivity index (χ2v) is 8.21. The SMILES string of the molecule is C=CC(=O)NC(c1ccccc1)C(C(=O)/C=C/c1cc(O)cc(O)c1)C(=O)/C=C/c1cc(O)cc(N=O)c1. The minimum absolute atomic E-state index is 0.0533. The van der Waals surface area contributed by atoms with E-state index < -0.39 is 29.4 Å². The summed E-state index contributed by atoms with van der Waals surface area (Å²) < 4.78 is 0. The van der Waals surface area contributed by atoms with Gasteiger partial charge in [-0.15, -0.1) is 4.91 Å². The molecule has 0 fully saturated rings. The van der Waals surface area contributed by atoms with E-state index in [4.69, 9.17) is 0 Å². The molecule has 0 radical (unpaired) electrons. The summed E-state index contributed by atoms with van der Waals surface area (Å²) in [6, 6.07) is 14.9. The Kier molecular flexibility index (Phi) is 9.04. The molecule has 192 valence electrons. The number of amides is 1. The van der Waals surface area contributed by atoms with Crippen molar-refractivity contribution >= 4 is 35.3 Å². The van der Waals surface area contributed by atoms with Gasteiger partial charge in [-0.1, -0.05) is 49.1 Å². The van der Waals surface area contributed by atoms with Crippen molar-refractivity contribution in [2.75, 3.05) is 0 Å². The molecule has 38 heavy (non-hydrogen) atoms. The molecule has 0 bridgehead atoms. The summed E-state index contributed by atoms with van der Waals surface area (Å²) in [5.74, 6) is -4.07. The van der Waals surface area contributed by atoms with Gasteiger partial charge in [-0.2, -0.15) is 0 Å². The van der Waals surface area contributed by atoms with Crippen LogP contribution in [0.3, 0.4) is 0 Å². The largest absolute Gasteiger partial charge is 0.508 e. The Bertz CT molecular complexity index is 1410. The van der Waals surface area contributed by atoms with Crippen LogP contribution < -0.4 is 5.32 Å². The Morgan fingerprint density at radius 2 is 1.32 bits per heavy atom. The summed E-state index contributed by atoms with van der Waals surface area (Å²) in [5, 5.41) is 34.6. The molecule has 0 heterocycles. The first-order valence-corrected chi connectivity index (χ1v) is 11.3. The first-order chi connectivity index (χ1) is 18.2. The van der Waals surface area contributed by atoms with Crippen LogP contribution in [0.25, 0.3) is 12.2 Å². The van der Waals surface area contributed by atoms with E-state index in [-0.39, 0.29) is 28.5 Å². The van der Waals surface area contributed by atoms with Gasteiger partial charge in [0.25, 0.3) is 0 Å². The number of phenols is 3. The average molecular weight is 513 g/mol. The number of carbonyl (C=O) groups excluding carboxylic acids is 3. The number of aromatic hydroxyl groups is 3. The number of ketones is 2. The fourth-order valence-corrected chi connectivity index (χ4v) is 3.75. The van der Waals surface area contributed by atoms with Crippen molar-refractivity contribution in [3.05, 3.63) is 113 Å². The van der Waals surface area contributed by atoms with Gasteiger partial charge in [-0.05, 0) is 64.4 Å². The van der Waals surface area contributed by atoms with Gasteiger partial charge < -0.3 is 20.6 Å². The number of allylic oxidation sites excluding steroid dienone is 2. The Labute approximate surface area is 218 Å². The molecule has 1 amide bonds. The summed E-state index contributed by atoms with van der Waals surface area (Å²) in [7, 11) is 0. The number of phenolic OH excluding ortho intramolecular Hbond substituents is 3. The third-order valence-electron chi connectivity index (χ3n) is 5.42. The lowest BCUT2D eigenvalue weighted by atomic mass is 9.85. The monoisotopic (exact) mass is 512 g/mol. The van der Waals surface area contributed by atoms with Crippen LogP contribution in [0.15, 0.2) is 96.7 Å². The van der Waals surface area contributed by atoms with Crippen molar-refractivity contribution in [1.82, 2.24) is 5.32 Å². The predicted molar refractivity (Wildman–Crippen MR) is 142 cm³/mol. The highest BCUT2D eigenvalue weighted by molar-refractivity contribution is 6.14. The number of nitrogens with one attached hydrogen (secondary N) is 1. The molecule has 9 nitrogen and oxygen atoms in total. The van der Waals surface area contributed by atoms with Crippen LogP contribution in [0.5, 0.6) is 17.2 Å². The Morgan fingerprint density at radius 1 is 0.789 bits per heavy atom. The topological polar surface area (TPSA) is 153 Å². The predicted octanol–water partition coefficient (Wildman–Crippen LogP) is 4.73. The van der Waals surface area contributed by atoms with E-state index in [0.717, 1.165) is 30.4 Å². The maximum atomic E-state index is 13.5. The van der Waals surface area contributed by atoms with Crippen molar-refractivity contribution in [2.24, 2.45) is 11.1 Å². The van der Waals surface area contributed by atoms with Crippen LogP contribution in [0.2, 0.25) is 0 Å². The quantitative estimate of drug-likeness (QED) is 0.165. The minimum Gasteiger partial charge on any atom is -0.508 e. The Morgan fingerprint density at radius 3 is 1.84 bits per heavy atom. The number of benzene rings is 3. The van der Waals surface area contributed by atoms with Gasteiger partial charge >= 0.3 is 0 Å². The lowest BCUT2D eigenvalue weighted by Crippen LogP contribution is -2.39. The van der Waals surface area contributed by atoms with Gasteiger partial charge in [0.1, 0.15) is 28.9 Å². The number of hydrogen-bond donors (Lipinski definition) is 4. The van der Waals surface area contributed by atoms with Crippen molar-refractivity contribution in [3.63, 3.8) is 0 Å². The third kappa shape index (κ3) is 7.34. The maximum Gasteiger partial charge on any atom is 0.243 e. The van der Waals surface area contributed by atoms with E-state index in [1.165, 1.54) is 36.4 Å². The molecule has 0 aliphatic rings. The average Bonchev–Trinajstić information content (AvgIpc) is 2.89. The number of rotatable bonds is 11. The maximum absolute atomic E-state index is 13.5. The molecular formula is C29H24N2O7. The molecule has 3 aromatic rings. The van der Waals surface area contributed by atoms with Gasteiger partial charge in [0, 0.05) is 12.1 Å². The second kappa shape index (κ2) is 12.6. The molecule has 3 aromatic carbocycles. The van der Waals surface area contributed by atoms with Crippen molar-refractivity contribution in [3.8, 4) is 17.2 Å². The molecule has 9 heteroatoms. The van der Waals surface area contributed by atoms with Gasteiger partial charge in [-0.3, -0.25) is 14.4 Å². The Balaban J connectivity index is 2.04. The molecule has 0 saturated carbocycles. The fourth-order valence-electron chi connectivity index (χ4n) is 3.75. The standard InChI is InChI=1S/C29H24N2O7/c1-2-27(37)30-29(20-6-4-3-5-7-20)28(26(36)11-9-19-14-23(33)17-24(34)15-19)25(35)10-8-18-12-21(31-38)16-22(32)13-18/h2-17,28-29,32-34H,1H2,(H,30,37)/b10-8+,11-9+. The van der Waals surface area contributed by atoms with Gasteiger partial charge in [0.2, 0.25) is 5.91 Å². The normalized spacial score (nSPS) is 12.6. The molecule has 2 unspecified atom stereocenters. The third-order valence-corrected chi connectivity index (χ3v) is 5.42. The van der Waals surface area contributed by atoms with Crippen molar-refractivity contribution in [1.29, 1.82) is 0 Å². The molecule has 0 saturated heterocycles.